The number of anilines is 1. The molecule has 3 heterocycles. The lowest BCUT2D eigenvalue weighted by Gasteiger charge is -2.12. The van der Waals surface area contributed by atoms with Crippen LogP contribution in [0.1, 0.15) is 5.82 Å². The maximum atomic E-state index is 13.1. The number of halogens is 1. The summed E-state index contributed by atoms with van der Waals surface area (Å²) in [5.74, 6) is 2.12. The number of methoxy groups -OCH3 is 1. The zero-order chi connectivity index (χ0) is 21.3. The van der Waals surface area contributed by atoms with Crippen LogP contribution < -0.4 is 9.46 Å². The van der Waals surface area contributed by atoms with Gasteiger partial charge in [-0.3, -0.25) is 4.72 Å². The molecule has 0 aliphatic heterocycles. The van der Waals surface area contributed by atoms with E-state index in [-0.39, 0.29) is 22.3 Å². The highest BCUT2D eigenvalue weighted by Gasteiger charge is 2.19. The minimum absolute atomic E-state index is 0.0547. The van der Waals surface area contributed by atoms with E-state index in [0.29, 0.717) is 16.9 Å². The summed E-state index contributed by atoms with van der Waals surface area (Å²) in [5, 5.41) is 12.1. The summed E-state index contributed by atoms with van der Waals surface area (Å²) in [4.78, 5) is 4.03. The van der Waals surface area contributed by atoms with Crippen LogP contribution in [0.4, 0.5) is 10.1 Å². The molecule has 1 N–H and O–H groups in total. The number of rotatable bonds is 5. The van der Waals surface area contributed by atoms with E-state index in [1.807, 2.05) is 0 Å². The SMILES string of the molecule is C#Cc1nnc2ccc(-c3cnc(OC)c(NS(=O)(=O)c4ccc(F)cc4)c3)nn12. The van der Waals surface area contributed by atoms with Crippen molar-refractivity contribution in [3.63, 3.8) is 0 Å². The highest BCUT2D eigenvalue weighted by molar-refractivity contribution is 7.92. The number of ether oxygens (including phenoxy) is 1. The third kappa shape index (κ3) is 3.51. The summed E-state index contributed by atoms with van der Waals surface area (Å²) in [6.07, 6.45) is 6.88. The number of pyridine rings is 1. The van der Waals surface area contributed by atoms with Gasteiger partial charge in [-0.15, -0.1) is 16.6 Å². The molecule has 0 unspecified atom stereocenters. The molecule has 0 saturated carbocycles. The summed E-state index contributed by atoms with van der Waals surface area (Å²) in [5.41, 5.74) is 1.50. The molecule has 11 heteroatoms. The molecule has 1 aromatic carbocycles. The molecular formula is C19H13FN6O3S. The fourth-order valence-electron chi connectivity index (χ4n) is 2.68. The number of hydrogen-bond acceptors (Lipinski definition) is 7. The molecule has 4 rings (SSSR count). The Morgan fingerprint density at radius 3 is 2.63 bits per heavy atom. The minimum Gasteiger partial charge on any atom is -0.480 e. The van der Waals surface area contributed by atoms with Crippen LogP contribution in [-0.4, -0.2) is 40.3 Å². The minimum atomic E-state index is -4.01. The first-order chi connectivity index (χ1) is 14.4. The zero-order valence-corrected chi connectivity index (χ0v) is 16.3. The lowest BCUT2D eigenvalue weighted by Crippen LogP contribution is -2.14. The molecule has 0 radical (unpaired) electrons. The highest BCUT2D eigenvalue weighted by Crippen LogP contribution is 2.29. The van der Waals surface area contributed by atoms with Crippen LogP contribution in [0.2, 0.25) is 0 Å². The van der Waals surface area contributed by atoms with E-state index in [1.54, 1.807) is 12.1 Å². The first-order valence-corrected chi connectivity index (χ1v) is 9.91. The molecule has 0 atom stereocenters. The Morgan fingerprint density at radius 1 is 1.17 bits per heavy atom. The third-order valence-electron chi connectivity index (χ3n) is 4.10. The van der Waals surface area contributed by atoms with Crippen molar-refractivity contribution in [2.24, 2.45) is 0 Å². The van der Waals surface area contributed by atoms with Gasteiger partial charge in [0.15, 0.2) is 5.65 Å². The number of sulfonamides is 1. The molecule has 0 bridgehead atoms. The van der Waals surface area contributed by atoms with E-state index in [9.17, 15) is 12.8 Å². The Balaban J connectivity index is 1.76. The van der Waals surface area contributed by atoms with Crippen LogP contribution in [0, 0.1) is 18.2 Å². The predicted molar refractivity (Wildman–Crippen MR) is 106 cm³/mol. The molecule has 0 aliphatic rings. The number of fused-ring (bicyclic) bond motifs is 1. The largest absolute Gasteiger partial charge is 0.480 e. The molecular weight excluding hydrogens is 411 g/mol. The topological polar surface area (TPSA) is 111 Å². The van der Waals surface area contributed by atoms with Crippen molar-refractivity contribution < 1.29 is 17.5 Å². The molecule has 0 saturated heterocycles. The number of aromatic nitrogens is 5. The van der Waals surface area contributed by atoms with Gasteiger partial charge in [-0.1, -0.05) is 0 Å². The predicted octanol–water partition coefficient (Wildman–Crippen LogP) is 2.12. The van der Waals surface area contributed by atoms with Gasteiger partial charge in [0.05, 0.1) is 17.7 Å². The molecule has 4 aromatic rings. The lowest BCUT2D eigenvalue weighted by atomic mass is 10.2. The standard InChI is InChI=1S/C19H13FN6O3S/c1-3-17-22-23-18-9-8-15(24-26(17)18)12-10-16(19(29-2)21-11-12)25-30(27,28)14-6-4-13(20)5-7-14/h1,4-11,25H,2H3. The number of nitrogens with one attached hydrogen (secondary N) is 1. The maximum Gasteiger partial charge on any atom is 0.262 e. The first kappa shape index (κ1) is 19.3. The number of terminal acetylenes is 1. The number of nitrogens with zero attached hydrogens (tertiary/aromatic N) is 5. The monoisotopic (exact) mass is 424 g/mol. The van der Waals surface area contributed by atoms with Gasteiger partial charge in [-0.2, -0.15) is 9.61 Å². The third-order valence-corrected chi connectivity index (χ3v) is 5.48. The van der Waals surface area contributed by atoms with E-state index in [2.05, 4.69) is 30.9 Å². The normalized spacial score (nSPS) is 11.2. The quantitative estimate of drug-likeness (QED) is 0.489. The molecule has 0 fully saturated rings. The fraction of sp³-hybridized carbons (Fsp3) is 0.0526. The summed E-state index contributed by atoms with van der Waals surface area (Å²) in [7, 11) is -2.65. The van der Waals surface area contributed by atoms with E-state index < -0.39 is 15.8 Å². The molecule has 0 amide bonds. The first-order valence-electron chi connectivity index (χ1n) is 8.43. The van der Waals surface area contributed by atoms with Crippen molar-refractivity contribution in [1.82, 2.24) is 24.8 Å². The Hall–Kier alpha value is -4.04. The second-order valence-electron chi connectivity index (χ2n) is 6.00. The van der Waals surface area contributed by atoms with Gasteiger partial charge in [0.2, 0.25) is 11.7 Å². The Kier molecular flexibility index (Phi) is 4.77. The fourth-order valence-corrected chi connectivity index (χ4v) is 3.73. The van der Waals surface area contributed by atoms with Gasteiger partial charge in [-0.25, -0.2) is 17.8 Å². The smallest absolute Gasteiger partial charge is 0.262 e. The highest BCUT2D eigenvalue weighted by atomic mass is 32.2. The van der Waals surface area contributed by atoms with Crippen LogP contribution in [0.15, 0.2) is 53.6 Å². The lowest BCUT2D eigenvalue weighted by molar-refractivity contribution is 0.400. The van der Waals surface area contributed by atoms with Crippen molar-refractivity contribution in [3.8, 4) is 29.5 Å². The van der Waals surface area contributed by atoms with Crippen LogP contribution in [0.3, 0.4) is 0 Å². The van der Waals surface area contributed by atoms with Gasteiger partial charge < -0.3 is 4.74 Å². The van der Waals surface area contributed by atoms with E-state index in [1.165, 1.54) is 23.9 Å². The summed E-state index contributed by atoms with van der Waals surface area (Å²) < 4.78 is 47.4. The second kappa shape index (κ2) is 7.41. The van der Waals surface area contributed by atoms with Gasteiger partial charge in [0.25, 0.3) is 10.0 Å². The van der Waals surface area contributed by atoms with Crippen LogP contribution >= 0.6 is 0 Å². The molecule has 30 heavy (non-hydrogen) atoms. The van der Waals surface area contributed by atoms with Crippen molar-refractivity contribution in [2.75, 3.05) is 11.8 Å². The number of benzene rings is 1. The van der Waals surface area contributed by atoms with Gasteiger partial charge in [0, 0.05) is 11.8 Å². The molecule has 0 spiro atoms. The average Bonchev–Trinajstić information content (AvgIpc) is 3.16. The molecule has 9 nitrogen and oxygen atoms in total. The Labute approximate surface area is 170 Å². The average molecular weight is 424 g/mol. The molecule has 150 valence electrons. The van der Waals surface area contributed by atoms with Crippen molar-refractivity contribution in [1.29, 1.82) is 0 Å². The van der Waals surface area contributed by atoms with E-state index >= 15 is 0 Å². The molecule has 3 aromatic heterocycles. The summed E-state index contributed by atoms with van der Waals surface area (Å²) >= 11 is 0. The van der Waals surface area contributed by atoms with Crippen LogP contribution in [0.25, 0.3) is 16.9 Å². The van der Waals surface area contributed by atoms with Crippen LogP contribution in [0.5, 0.6) is 5.88 Å². The van der Waals surface area contributed by atoms with Crippen molar-refractivity contribution >= 4 is 21.4 Å². The Bertz CT molecular complexity index is 1390. The van der Waals surface area contributed by atoms with E-state index in [4.69, 9.17) is 11.2 Å². The summed E-state index contributed by atoms with van der Waals surface area (Å²) in [6, 6.07) is 9.29. The van der Waals surface area contributed by atoms with E-state index in [0.717, 1.165) is 24.3 Å². The summed E-state index contributed by atoms with van der Waals surface area (Å²) in [6.45, 7) is 0. The Morgan fingerprint density at radius 2 is 1.93 bits per heavy atom. The van der Waals surface area contributed by atoms with Gasteiger partial charge in [0.1, 0.15) is 11.5 Å². The van der Waals surface area contributed by atoms with Gasteiger partial charge >= 0.3 is 0 Å². The van der Waals surface area contributed by atoms with Crippen molar-refractivity contribution in [2.45, 2.75) is 4.90 Å². The van der Waals surface area contributed by atoms with Crippen molar-refractivity contribution in [3.05, 3.63) is 60.3 Å². The zero-order valence-electron chi connectivity index (χ0n) is 15.4. The second-order valence-corrected chi connectivity index (χ2v) is 7.68. The maximum absolute atomic E-state index is 13.1. The number of hydrogen-bond donors (Lipinski definition) is 1. The van der Waals surface area contributed by atoms with Crippen LogP contribution in [-0.2, 0) is 10.0 Å². The van der Waals surface area contributed by atoms with Gasteiger partial charge in [-0.05, 0) is 48.4 Å². The molecule has 0 aliphatic carbocycles.